The zero-order valence-corrected chi connectivity index (χ0v) is 21.8. The molecule has 0 radical (unpaired) electrons. The van der Waals surface area contributed by atoms with Gasteiger partial charge in [0.05, 0.1) is 0 Å². The van der Waals surface area contributed by atoms with Gasteiger partial charge in [0, 0.05) is 6.04 Å². The van der Waals surface area contributed by atoms with Crippen LogP contribution in [0.3, 0.4) is 0 Å². The Morgan fingerprint density at radius 1 is 0.719 bits per heavy atom. The van der Waals surface area contributed by atoms with Crippen molar-refractivity contribution in [2.45, 2.75) is 57.4 Å². The molecule has 0 saturated carbocycles. The summed E-state index contributed by atoms with van der Waals surface area (Å²) in [6.45, 7) is 2.87. The average Bonchev–Trinajstić information content (AvgIpc) is 2.73. The maximum atomic E-state index is 9.70. The first kappa shape index (κ1) is 28.6. The van der Waals surface area contributed by atoms with Gasteiger partial charge in [0.2, 0.25) is 0 Å². The minimum absolute atomic E-state index is 0. The minimum atomic E-state index is -0.0749. The van der Waals surface area contributed by atoms with Crippen LogP contribution in [0.15, 0.2) is 30.3 Å². The molecule has 1 unspecified atom stereocenters. The molecule has 1 aliphatic carbocycles. The Labute approximate surface area is 211 Å². The minimum Gasteiger partial charge on any atom is -0.504 e. The molecule has 6 N–H and O–H groups in total. The summed E-state index contributed by atoms with van der Waals surface area (Å²) in [5.74, 6) is -0.177. The summed E-state index contributed by atoms with van der Waals surface area (Å²) in [5, 5.41) is 45.2. The van der Waals surface area contributed by atoms with E-state index >= 15 is 0 Å². The maximum absolute atomic E-state index is 9.70. The fourth-order valence-corrected chi connectivity index (χ4v) is 4.07. The number of benzene rings is 2. The van der Waals surface area contributed by atoms with Crippen molar-refractivity contribution >= 4 is 34.0 Å². The molecule has 0 aliphatic heterocycles. The van der Waals surface area contributed by atoms with Crippen molar-refractivity contribution in [3.05, 3.63) is 47.0 Å². The van der Waals surface area contributed by atoms with Gasteiger partial charge in [-0.2, -0.15) is 0 Å². The van der Waals surface area contributed by atoms with Gasteiger partial charge < -0.3 is 31.1 Å². The highest BCUT2D eigenvalue weighted by atomic mass is 79.9. The second kappa shape index (κ2) is 14.6. The number of phenols is 4. The Bertz CT molecular complexity index is 836. The molecule has 0 fully saturated rings. The van der Waals surface area contributed by atoms with Crippen molar-refractivity contribution in [2.75, 3.05) is 19.6 Å². The quantitative estimate of drug-likeness (QED) is 0.174. The number of rotatable bonds is 11. The van der Waals surface area contributed by atoms with Gasteiger partial charge in [-0.15, -0.1) is 34.0 Å². The van der Waals surface area contributed by atoms with E-state index in [2.05, 4.69) is 10.6 Å². The van der Waals surface area contributed by atoms with E-state index in [-0.39, 0.29) is 57.0 Å². The molecule has 0 amide bonds. The monoisotopic (exact) mass is 574 g/mol. The van der Waals surface area contributed by atoms with Crippen LogP contribution in [0.25, 0.3) is 0 Å². The fourth-order valence-electron chi connectivity index (χ4n) is 4.07. The Kier molecular flexibility index (Phi) is 13.0. The number of phenolic OH excluding ortho intramolecular Hbond substituents is 4. The summed E-state index contributed by atoms with van der Waals surface area (Å²) in [6, 6.07) is 8.82. The summed E-state index contributed by atoms with van der Waals surface area (Å²) >= 11 is 0. The van der Waals surface area contributed by atoms with Crippen LogP contribution in [0.5, 0.6) is 23.0 Å². The highest BCUT2D eigenvalue weighted by molar-refractivity contribution is 8.93. The van der Waals surface area contributed by atoms with Crippen LogP contribution in [0.4, 0.5) is 0 Å². The molecule has 0 heterocycles. The highest BCUT2D eigenvalue weighted by Crippen LogP contribution is 2.32. The van der Waals surface area contributed by atoms with Crippen molar-refractivity contribution in [3.63, 3.8) is 0 Å². The van der Waals surface area contributed by atoms with Crippen LogP contribution >= 0.6 is 34.0 Å². The zero-order chi connectivity index (χ0) is 21.3. The predicted octanol–water partition coefficient (Wildman–Crippen LogP) is 4.50. The van der Waals surface area contributed by atoms with E-state index in [1.807, 2.05) is 6.07 Å². The summed E-state index contributed by atoms with van der Waals surface area (Å²) in [4.78, 5) is 0. The molecule has 1 atom stereocenters. The van der Waals surface area contributed by atoms with E-state index in [0.717, 1.165) is 74.8 Å². The van der Waals surface area contributed by atoms with Gasteiger partial charge in [0.25, 0.3) is 0 Å². The third-order valence-corrected chi connectivity index (χ3v) is 5.87. The smallest absolute Gasteiger partial charge is 0.157 e. The lowest BCUT2D eigenvalue weighted by Crippen LogP contribution is -2.35. The molecule has 2 aromatic carbocycles. The number of aryl methyl sites for hydroxylation is 1. The van der Waals surface area contributed by atoms with Gasteiger partial charge in [-0.05, 0) is 99.1 Å². The Hall–Kier alpha value is -1.48. The molecule has 3 rings (SSSR count). The van der Waals surface area contributed by atoms with Gasteiger partial charge in [-0.1, -0.05) is 18.9 Å². The standard InChI is InChI=1S/C24H34N2O4.2BrH/c27-21-8-5-17(13-22(21)28)9-12-25-10-3-1-2-4-11-26-20-7-6-18-15-23(29)24(30)16-19(18)14-20;;/h5,8,13,15-16,20,25-30H,1-4,6-7,9-12,14H2;2*1H. The molecular weight excluding hydrogens is 540 g/mol. The van der Waals surface area contributed by atoms with Crippen LogP contribution in [-0.4, -0.2) is 46.1 Å². The lowest BCUT2D eigenvalue weighted by atomic mass is 9.88. The van der Waals surface area contributed by atoms with Crippen LogP contribution in [0, 0.1) is 0 Å². The number of fused-ring (bicyclic) bond motifs is 1. The largest absolute Gasteiger partial charge is 0.504 e. The molecule has 6 nitrogen and oxygen atoms in total. The third-order valence-electron chi connectivity index (χ3n) is 5.87. The molecule has 8 heteroatoms. The van der Waals surface area contributed by atoms with Crippen molar-refractivity contribution < 1.29 is 20.4 Å². The number of aromatic hydroxyl groups is 4. The van der Waals surface area contributed by atoms with E-state index in [1.54, 1.807) is 18.2 Å². The summed E-state index contributed by atoms with van der Waals surface area (Å²) in [6.07, 6.45) is 8.48. The van der Waals surface area contributed by atoms with Gasteiger partial charge in [-0.3, -0.25) is 0 Å². The first-order chi connectivity index (χ1) is 14.5. The van der Waals surface area contributed by atoms with Crippen LogP contribution in [-0.2, 0) is 19.3 Å². The number of halogens is 2. The summed E-state index contributed by atoms with van der Waals surface area (Å²) in [7, 11) is 0. The summed E-state index contributed by atoms with van der Waals surface area (Å²) < 4.78 is 0. The SMILES string of the molecule is Br.Br.Oc1ccc(CCNCCCCCCNC2CCc3cc(O)c(O)cc3C2)cc1O. The van der Waals surface area contributed by atoms with Crippen molar-refractivity contribution in [2.24, 2.45) is 0 Å². The van der Waals surface area contributed by atoms with E-state index in [4.69, 9.17) is 0 Å². The van der Waals surface area contributed by atoms with E-state index in [0.29, 0.717) is 6.04 Å². The lowest BCUT2D eigenvalue weighted by molar-refractivity contribution is 0.397. The first-order valence-corrected chi connectivity index (χ1v) is 11.0. The number of unbranched alkanes of at least 4 members (excludes halogenated alkanes) is 3. The lowest BCUT2D eigenvalue weighted by Gasteiger charge is -2.26. The van der Waals surface area contributed by atoms with Gasteiger partial charge in [0.15, 0.2) is 23.0 Å². The fraction of sp³-hybridized carbons (Fsp3) is 0.500. The zero-order valence-electron chi connectivity index (χ0n) is 18.3. The number of hydrogen-bond acceptors (Lipinski definition) is 6. The van der Waals surface area contributed by atoms with E-state index < -0.39 is 0 Å². The predicted molar refractivity (Wildman–Crippen MR) is 139 cm³/mol. The Morgan fingerprint density at radius 2 is 1.38 bits per heavy atom. The normalized spacial score (nSPS) is 14.8. The number of hydrogen-bond donors (Lipinski definition) is 6. The Balaban J connectivity index is 0.00000256. The second-order valence-corrected chi connectivity index (χ2v) is 8.24. The molecule has 32 heavy (non-hydrogen) atoms. The Morgan fingerprint density at radius 3 is 2.09 bits per heavy atom. The van der Waals surface area contributed by atoms with Crippen molar-refractivity contribution in [1.82, 2.24) is 10.6 Å². The average molecular weight is 576 g/mol. The van der Waals surface area contributed by atoms with E-state index in [1.165, 1.54) is 18.9 Å². The molecule has 180 valence electrons. The number of nitrogens with one attached hydrogen (secondary N) is 2. The van der Waals surface area contributed by atoms with Crippen molar-refractivity contribution in [3.8, 4) is 23.0 Å². The molecule has 0 saturated heterocycles. The van der Waals surface area contributed by atoms with Crippen LogP contribution in [0.1, 0.15) is 48.8 Å². The van der Waals surface area contributed by atoms with Crippen molar-refractivity contribution in [1.29, 1.82) is 0 Å². The molecule has 2 aromatic rings. The van der Waals surface area contributed by atoms with Gasteiger partial charge in [0.1, 0.15) is 0 Å². The second-order valence-electron chi connectivity index (χ2n) is 8.24. The van der Waals surface area contributed by atoms with E-state index in [9.17, 15) is 20.4 Å². The molecular formula is C24H36Br2N2O4. The summed E-state index contributed by atoms with van der Waals surface area (Å²) in [5.41, 5.74) is 3.31. The molecule has 1 aliphatic rings. The molecule has 0 aromatic heterocycles. The van der Waals surface area contributed by atoms with Gasteiger partial charge in [-0.25, -0.2) is 0 Å². The highest BCUT2D eigenvalue weighted by Gasteiger charge is 2.19. The first-order valence-electron chi connectivity index (χ1n) is 11.0. The molecule has 0 spiro atoms. The third kappa shape index (κ3) is 8.81. The van der Waals surface area contributed by atoms with Gasteiger partial charge >= 0.3 is 0 Å². The topological polar surface area (TPSA) is 105 Å². The van der Waals surface area contributed by atoms with Crippen LogP contribution < -0.4 is 10.6 Å². The van der Waals surface area contributed by atoms with Crippen LogP contribution in [0.2, 0.25) is 0 Å². The molecule has 0 bridgehead atoms. The maximum Gasteiger partial charge on any atom is 0.157 e.